The molecule has 0 saturated carbocycles. The standard InChI is InChI=1S/C11H16N2/c1-5-7-11(13-4)10(6-2)8-9-12-3/h5-9H,2H2,1,3-4H3/b7-5-,10-8+,12-9?,13-11?. The summed E-state index contributed by atoms with van der Waals surface area (Å²) in [5.41, 5.74) is 1.89. The minimum atomic E-state index is 0.914. The van der Waals surface area contributed by atoms with Crippen molar-refractivity contribution in [1.29, 1.82) is 0 Å². The lowest BCUT2D eigenvalue weighted by Gasteiger charge is -1.98. The van der Waals surface area contributed by atoms with Gasteiger partial charge in [0, 0.05) is 25.9 Å². The lowest BCUT2D eigenvalue weighted by Crippen LogP contribution is -1.96. The molecule has 0 unspecified atom stereocenters. The number of hydrogen-bond acceptors (Lipinski definition) is 2. The third-order valence-electron chi connectivity index (χ3n) is 1.48. The van der Waals surface area contributed by atoms with E-state index in [2.05, 4.69) is 16.6 Å². The van der Waals surface area contributed by atoms with Gasteiger partial charge in [-0.3, -0.25) is 9.98 Å². The van der Waals surface area contributed by atoms with E-state index in [1.54, 1.807) is 26.4 Å². The molecule has 13 heavy (non-hydrogen) atoms. The van der Waals surface area contributed by atoms with Crippen LogP contribution in [0, 0.1) is 0 Å². The van der Waals surface area contributed by atoms with Crippen molar-refractivity contribution in [3.05, 3.63) is 36.5 Å². The van der Waals surface area contributed by atoms with Crippen molar-refractivity contribution in [1.82, 2.24) is 0 Å². The van der Waals surface area contributed by atoms with E-state index in [4.69, 9.17) is 0 Å². The summed E-state index contributed by atoms with van der Waals surface area (Å²) in [5.74, 6) is 0. The highest BCUT2D eigenvalue weighted by atomic mass is 14.7. The zero-order valence-electron chi connectivity index (χ0n) is 8.49. The van der Waals surface area contributed by atoms with E-state index < -0.39 is 0 Å². The molecule has 0 amide bonds. The van der Waals surface area contributed by atoms with Gasteiger partial charge in [0.1, 0.15) is 0 Å². The van der Waals surface area contributed by atoms with Gasteiger partial charge in [-0.1, -0.05) is 18.7 Å². The molecule has 0 aliphatic rings. The average molecular weight is 176 g/mol. The molecule has 0 fully saturated rings. The first kappa shape index (κ1) is 11.6. The normalized spacial score (nSPS) is 14.4. The fraction of sp³-hybridized carbons (Fsp3) is 0.273. The summed E-state index contributed by atoms with van der Waals surface area (Å²) >= 11 is 0. The molecule has 2 heteroatoms. The molecule has 0 aromatic heterocycles. The lowest BCUT2D eigenvalue weighted by atomic mass is 10.1. The lowest BCUT2D eigenvalue weighted by molar-refractivity contribution is 1.43. The third kappa shape index (κ3) is 4.21. The zero-order valence-corrected chi connectivity index (χ0v) is 8.49. The molecule has 0 aromatic carbocycles. The Morgan fingerprint density at radius 2 is 2.00 bits per heavy atom. The molecule has 0 heterocycles. The van der Waals surface area contributed by atoms with Crippen LogP contribution in [0.1, 0.15) is 6.92 Å². The molecule has 0 atom stereocenters. The SMILES string of the molecule is C=C/C(=C\C=NC)C(/C=C\C)=NC. The molecule has 0 aromatic rings. The Kier molecular flexibility index (Phi) is 6.42. The fourth-order valence-corrected chi connectivity index (χ4v) is 0.871. The first-order chi connectivity index (χ1) is 6.29. The van der Waals surface area contributed by atoms with Gasteiger partial charge >= 0.3 is 0 Å². The van der Waals surface area contributed by atoms with Crippen LogP contribution < -0.4 is 0 Å². The topological polar surface area (TPSA) is 24.7 Å². The van der Waals surface area contributed by atoms with Crippen LogP contribution in [0.3, 0.4) is 0 Å². The second-order valence-electron chi connectivity index (χ2n) is 2.34. The second-order valence-corrected chi connectivity index (χ2v) is 2.34. The maximum atomic E-state index is 4.13. The number of nitrogens with zero attached hydrogens (tertiary/aromatic N) is 2. The predicted molar refractivity (Wildman–Crippen MR) is 60.9 cm³/mol. The average Bonchev–Trinajstić information content (AvgIpc) is 2.17. The maximum Gasteiger partial charge on any atom is 0.0640 e. The van der Waals surface area contributed by atoms with Crippen LogP contribution in [-0.4, -0.2) is 26.0 Å². The first-order valence-corrected chi connectivity index (χ1v) is 4.14. The Balaban J connectivity index is 4.84. The van der Waals surface area contributed by atoms with Crippen molar-refractivity contribution >= 4 is 11.9 Å². The van der Waals surface area contributed by atoms with Gasteiger partial charge in [0.05, 0.1) is 5.71 Å². The van der Waals surface area contributed by atoms with Crippen LogP contribution >= 0.6 is 0 Å². The van der Waals surface area contributed by atoms with Crippen LogP contribution in [0.2, 0.25) is 0 Å². The molecular weight excluding hydrogens is 160 g/mol. The van der Waals surface area contributed by atoms with Gasteiger partial charge in [0.25, 0.3) is 0 Å². The summed E-state index contributed by atoms with van der Waals surface area (Å²) in [7, 11) is 3.49. The van der Waals surface area contributed by atoms with Crippen molar-refractivity contribution in [3.63, 3.8) is 0 Å². The van der Waals surface area contributed by atoms with Crippen LogP contribution in [-0.2, 0) is 0 Å². The van der Waals surface area contributed by atoms with E-state index >= 15 is 0 Å². The van der Waals surface area contributed by atoms with Gasteiger partial charge in [-0.25, -0.2) is 0 Å². The smallest absolute Gasteiger partial charge is 0.0640 e. The molecular formula is C11H16N2. The first-order valence-electron chi connectivity index (χ1n) is 4.14. The Hall–Kier alpha value is -1.44. The fourth-order valence-electron chi connectivity index (χ4n) is 0.871. The number of rotatable bonds is 4. The van der Waals surface area contributed by atoms with Gasteiger partial charge in [-0.05, 0) is 19.1 Å². The molecule has 70 valence electrons. The van der Waals surface area contributed by atoms with E-state index in [1.165, 1.54) is 0 Å². The highest BCUT2D eigenvalue weighted by molar-refractivity contribution is 6.11. The minimum absolute atomic E-state index is 0.914. The Morgan fingerprint density at radius 3 is 2.38 bits per heavy atom. The Morgan fingerprint density at radius 1 is 1.31 bits per heavy atom. The second kappa shape index (κ2) is 7.22. The quantitative estimate of drug-likeness (QED) is 0.464. The number of allylic oxidation sites excluding steroid dienone is 5. The van der Waals surface area contributed by atoms with Crippen LogP contribution in [0.15, 0.2) is 46.4 Å². The maximum absolute atomic E-state index is 4.13. The van der Waals surface area contributed by atoms with Gasteiger partial charge in [-0.2, -0.15) is 0 Å². The molecule has 0 radical (unpaired) electrons. The van der Waals surface area contributed by atoms with Gasteiger partial charge in [-0.15, -0.1) is 0 Å². The molecule has 2 nitrogen and oxygen atoms in total. The molecule has 0 aliphatic carbocycles. The summed E-state index contributed by atoms with van der Waals surface area (Å²) in [6.45, 7) is 5.68. The molecule has 0 rings (SSSR count). The van der Waals surface area contributed by atoms with E-state index in [1.807, 2.05) is 25.2 Å². The van der Waals surface area contributed by atoms with Crippen LogP contribution in [0.5, 0.6) is 0 Å². The highest BCUT2D eigenvalue weighted by Crippen LogP contribution is 2.00. The van der Waals surface area contributed by atoms with E-state index in [0.717, 1.165) is 11.3 Å². The molecule has 0 saturated heterocycles. The summed E-state index contributed by atoms with van der Waals surface area (Å²) in [4.78, 5) is 8.00. The summed E-state index contributed by atoms with van der Waals surface area (Å²) < 4.78 is 0. The Labute approximate surface area is 80.1 Å². The van der Waals surface area contributed by atoms with Gasteiger partial charge < -0.3 is 0 Å². The van der Waals surface area contributed by atoms with Crippen molar-refractivity contribution < 1.29 is 0 Å². The monoisotopic (exact) mass is 176 g/mol. The van der Waals surface area contributed by atoms with Crippen LogP contribution in [0.25, 0.3) is 0 Å². The molecule has 0 aliphatic heterocycles. The molecule has 0 N–H and O–H groups in total. The van der Waals surface area contributed by atoms with Gasteiger partial charge in [0.15, 0.2) is 0 Å². The number of aliphatic imine (C=N–C) groups is 2. The molecule has 0 bridgehead atoms. The van der Waals surface area contributed by atoms with Crippen molar-refractivity contribution in [2.24, 2.45) is 9.98 Å². The van der Waals surface area contributed by atoms with Crippen molar-refractivity contribution in [2.45, 2.75) is 6.92 Å². The number of hydrogen-bond donors (Lipinski definition) is 0. The summed E-state index contributed by atoms with van der Waals surface area (Å²) in [6.07, 6.45) is 9.27. The van der Waals surface area contributed by atoms with Gasteiger partial charge in [0.2, 0.25) is 0 Å². The largest absolute Gasteiger partial charge is 0.296 e. The Bertz CT molecular complexity index is 268. The minimum Gasteiger partial charge on any atom is -0.296 e. The van der Waals surface area contributed by atoms with Crippen molar-refractivity contribution in [3.8, 4) is 0 Å². The molecule has 0 spiro atoms. The van der Waals surface area contributed by atoms with E-state index in [0.29, 0.717) is 0 Å². The van der Waals surface area contributed by atoms with Crippen molar-refractivity contribution in [2.75, 3.05) is 14.1 Å². The highest BCUT2D eigenvalue weighted by Gasteiger charge is 1.95. The van der Waals surface area contributed by atoms with E-state index in [9.17, 15) is 0 Å². The summed E-state index contributed by atoms with van der Waals surface area (Å²) in [6, 6.07) is 0. The zero-order chi connectivity index (χ0) is 10.1. The third-order valence-corrected chi connectivity index (χ3v) is 1.48. The predicted octanol–water partition coefficient (Wildman–Crippen LogP) is 2.45. The van der Waals surface area contributed by atoms with E-state index in [-0.39, 0.29) is 0 Å². The summed E-state index contributed by atoms with van der Waals surface area (Å²) in [5, 5.41) is 0. The van der Waals surface area contributed by atoms with Crippen LogP contribution in [0.4, 0.5) is 0 Å².